The van der Waals surface area contributed by atoms with Crippen molar-refractivity contribution in [2.45, 2.75) is 58.4 Å². The number of nitrogens with one attached hydrogen (secondary N) is 2. The Kier molecular flexibility index (Phi) is 7.50. The maximum absolute atomic E-state index is 15.0. The fourth-order valence-corrected chi connectivity index (χ4v) is 5.24. The quantitative estimate of drug-likeness (QED) is 0.431. The lowest BCUT2D eigenvalue weighted by atomic mass is 9.88. The van der Waals surface area contributed by atoms with Gasteiger partial charge in [-0.1, -0.05) is 19.4 Å². The summed E-state index contributed by atoms with van der Waals surface area (Å²) in [4.78, 5) is 15.5. The molecule has 2 aliphatic rings. The van der Waals surface area contributed by atoms with Crippen LogP contribution in [-0.4, -0.2) is 47.2 Å². The van der Waals surface area contributed by atoms with Crippen molar-refractivity contribution < 1.29 is 13.5 Å². The summed E-state index contributed by atoms with van der Waals surface area (Å²) in [5, 5.41) is 6.55. The summed E-state index contributed by atoms with van der Waals surface area (Å²) in [6.07, 6.45) is 5.19. The molecule has 1 aromatic carbocycles. The van der Waals surface area contributed by atoms with Crippen molar-refractivity contribution in [1.29, 1.82) is 0 Å². The Labute approximate surface area is 216 Å². The van der Waals surface area contributed by atoms with Crippen LogP contribution in [0.25, 0.3) is 11.3 Å². The molecule has 3 aromatic rings. The highest BCUT2D eigenvalue weighted by molar-refractivity contribution is 5.73. The zero-order chi connectivity index (χ0) is 25.9. The van der Waals surface area contributed by atoms with Gasteiger partial charge in [0, 0.05) is 17.3 Å². The molecule has 2 aromatic heterocycles. The Morgan fingerprint density at radius 1 is 1.14 bits per heavy atom. The van der Waals surface area contributed by atoms with E-state index < -0.39 is 11.6 Å². The number of hydrogen-bond donors (Lipinski definition) is 2. The van der Waals surface area contributed by atoms with Crippen LogP contribution in [0.5, 0.6) is 5.75 Å². The topological polar surface area (TPSA) is 75.2 Å². The summed E-state index contributed by atoms with van der Waals surface area (Å²) in [5.41, 5.74) is 3.33. The lowest BCUT2D eigenvalue weighted by Crippen LogP contribution is -2.38. The van der Waals surface area contributed by atoms with Crippen LogP contribution in [0.1, 0.15) is 57.2 Å². The second kappa shape index (κ2) is 11.0. The van der Waals surface area contributed by atoms with E-state index in [9.17, 15) is 8.78 Å². The molecule has 0 spiro atoms. The molecular formula is C28H34F2N6O. The van der Waals surface area contributed by atoms with Gasteiger partial charge < -0.3 is 20.3 Å². The number of ether oxygens (including phenoxy) is 1. The highest BCUT2D eigenvalue weighted by Gasteiger charge is 2.26. The molecule has 196 valence electrons. The number of aromatic nitrogens is 3. The van der Waals surface area contributed by atoms with Crippen LogP contribution in [0.2, 0.25) is 0 Å². The first-order valence-corrected chi connectivity index (χ1v) is 13.2. The van der Waals surface area contributed by atoms with Gasteiger partial charge >= 0.3 is 0 Å². The van der Waals surface area contributed by atoms with Crippen molar-refractivity contribution in [1.82, 2.24) is 20.3 Å². The largest absolute Gasteiger partial charge is 0.486 e. The summed E-state index contributed by atoms with van der Waals surface area (Å²) in [6, 6.07) is 7.21. The van der Waals surface area contributed by atoms with Crippen molar-refractivity contribution >= 4 is 17.5 Å². The molecule has 0 aliphatic carbocycles. The van der Waals surface area contributed by atoms with Crippen molar-refractivity contribution in [3.05, 3.63) is 53.4 Å². The number of piperidine rings is 1. The van der Waals surface area contributed by atoms with E-state index in [0.717, 1.165) is 50.7 Å². The summed E-state index contributed by atoms with van der Waals surface area (Å²) >= 11 is 0. The lowest BCUT2D eigenvalue weighted by molar-refractivity contribution is 0.287. The maximum Gasteiger partial charge on any atom is 0.229 e. The smallest absolute Gasteiger partial charge is 0.229 e. The number of benzene rings is 1. The molecule has 37 heavy (non-hydrogen) atoms. The van der Waals surface area contributed by atoms with Gasteiger partial charge in [-0.25, -0.2) is 23.7 Å². The van der Waals surface area contributed by atoms with E-state index in [4.69, 9.17) is 9.72 Å². The number of pyridine rings is 1. The summed E-state index contributed by atoms with van der Waals surface area (Å²) in [5.74, 6) is 0.346. The van der Waals surface area contributed by atoms with Gasteiger partial charge in [-0.05, 0) is 75.9 Å². The average Bonchev–Trinajstić information content (AvgIpc) is 2.90. The molecule has 1 saturated heterocycles. The minimum Gasteiger partial charge on any atom is -0.486 e. The molecule has 0 radical (unpaired) electrons. The number of anilines is 3. The number of nitrogens with zero attached hydrogens (tertiary/aromatic N) is 4. The minimum absolute atomic E-state index is 0.0218. The average molecular weight is 509 g/mol. The Morgan fingerprint density at radius 2 is 1.95 bits per heavy atom. The van der Waals surface area contributed by atoms with Crippen LogP contribution < -0.4 is 20.3 Å². The lowest BCUT2D eigenvalue weighted by Gasteiger charge is -2.34. The van der Waals surface area contributed by atoms with Crippen LogP contribution in [0.4, 0.5) is 26.2 Å². The molecule has 2 N–H and O–H groups in total. The van der Waals surface area contributed by atoms with Crippen LogP contribution in [0, 0.1) is 11.6 Å². The number of rotatable bonds is 7. The molecule has 7 nitrogen and oxygen atoms in total. The van der Waals surface area contributed by atoms with Crippen LogP contribution in [0.15, 0.2) is 30.5 Å². The Balaban J connectivity index is 1.45. The second-order valence-electron chi connectivity index (χ2n) is 9.96. The fourth-order valence-electron chi connectivity index (χ4n) is 5.24. The monoisotopic (exact) mass is 508 g/mol. The van der Waals surface area contributed by atoms with E-state index in [1.54, 1.807) is 6.07 Å². The van der Waals surface area contributed by atoms with E-state index in [2.05, 4.69) is 33.6 Å². The first kappa shape index (κ1) is 25.3. The molecule has 0 unspecified atom stereocenters. The number of hydrogen-bond acceptors (Lipinski definition) is 7. The van der Waals surface area contributed by atoms with Gasteiger partial charge in [0.25, 0.3) is 0 Å². The molecule has 2 aliphatic heterocycles. The maximum atomic E-state index is 15.0. The van der Waals surface area contributed by atoms with Crippen molar-refractivity contribution in [2.75, 3.05) is 36.5 Å². The van der Waals surface area contributed by atoms with Gasteiger partial charge in [0.1, 0.15) is 18.1 Å². The zero-order valence-corrected chi connectivity index (χ0v) is 21.7. The molecule has 1 fully saturated rings. The van der Waals surface area contributed by atoms with E-state index in [1.165, 1.54) is 11.6 Å². The SMILES string of the molecule is CCCc1nc(Nc2ncc(F)c(-c3cc(F)c4c(c3)N(C(C)C)CCO4)n2)ccc1C1CCNCC1. The first-order chi connectivity index (χ1) is 17.9. The number of aryl methyl sites for hydroxylation is 1. The van der Waals surface area contributed by atoms with Crippen LogP contribution in [-0.2, 0) is 6.42 Å². The summed E-state index contributed by atoms with van der Waals surface area (Å²) < 4.78 is 35.5. The molecule has 0 amide bonds. The molecule has 0 atom stereocenters. The minimum atomic E-state index is -0.626. The molecule has 0 saturated carbocycles. The Bertz CT molecular complexity index is 1260. The summed E-state index contributed by atoms with van der Waals surface area (Å²) in [6.45, 7) is 9.28. The molecule has 4 heterocycles. The summed E-state index contributed by atoms with van der Waals surface area (Å²) in [7, 11) is 0. The number of halogens is 2. The molecule has 9 heteroatoms. The number of fused-ring (bicyclic) bond motifs is 1. The van der Waals surface area contributed by atoms with Crippen molar-refractivity contribution in [3.8, 4) is 17.0 Å². The third-order valence-corrected chi connectivity index (χ3v) is 7.07. The van der Waals surface area contributed by atoms with Crippen LogP contribution in [0.3, 0.4) is 0 Å². The Morgan fingerprint density at radius 3 is 2.70 bits per heavy atom. The predicted octanol–water partition coefficient (Wildman–Crippen LogP) is 5.59. The van der Waals surface area contributed by atoms with Gasteiger partial charge in [-0.2, -0.15) is 0 Å². The van der Waals surface area contributed by atoms with Gasteiger partial charge in [-0.15, -0.1) is 0 Å². The van der Waals surface area contributed by atoms with Gasteiger partial charge in [0.2, 0.25) is 5.95 Å². The second-order valence-corrected chi connectivity index (χ2v) is 9.96. The highest BCUT2D eigenvalue weighted by atomic mass is 19.1. The first-order valence-electron chi connectivity index (χ1n) is 13.2. The third kappa shape index (κ3) is 5.37. The van der Waals surface area contributed by atoms with E-state index >= 15 is 0 Å². The van der Waals surface area contributed by atoms with E-state index in [1.807, 2.05) is 24.8 Å². The zero-order valence-electron chi connectivity index (χ0n) is 21.7. The predicted molar refractivity (Wildman–Crippen MR) is 142 cm³/mol. The molecular weight excluding hydrogens is 474 g/mol. The molecule has 5 rings (SSSR count). The molecule has 0 bridgehead atoms. The third-order valence-electron chi connectivity index (χ3n) is 7.07. The fraction of sp³-hybridized carbons (Fsp3) is 0.464. The van der Waals surface area contributed by atoms with E-state index in [0.29, 0.717) is 36.1 Å². The Hall–Kier alpha value is -3.33. The van der Waals surface area contributed by atoms with Gasteiger partial charge in [0.15, 0.2) is 17.4 Å². The van der Waals surface area contributed by atoms with Crippen molar-refractivity contribution in [2.24, 2.45) is 0 Å². The van der Waals surface area contributed by atoms with Gasteiger partial charge in [0.05, 0.1) is 18.4 Å². The van der Waals surface area contributed by atoms with E-state index in [-0.39, 0.29) is 23.4 Å². The standard InChI is InChI=1S/C28H34F2N6O/c1-4-5-23-20(18-8-10-31-11-9-18)6-7-25(33-23)34-28-32-16-22(30)26(35-28)19-14-21(29)27-24(15-19)36(17(2)3)12-13-37-27/h6-7,14-18,31H,4-5,8-13H2,1-3H3,(H,32,33,34,35). The van der Waals surface area contributed by atoms with Gasteiger partial charge in [-0.3, -0.25) is 0 Å². The highest BCUT2D eigenvalue weighted by Crippen LogP contribution is 2.39. The van der Waals surface area contributed by atoms with Crippen LogP contribution >= 0.6 is 0 Å². The van der Waals surface area contributed by atoms with Crippen molar-refractivity contribution in [3.63, 3.8) is 0 Å². The normalized spacial score (nSPS) is 16.0.